The van der Waals surface area contributed by atoms with E-state index in [0.717, 1.165) is 17.0 Å². The van der Waals surface area contributed by atoms with Crippen molar-refractivity contribution in [3.63, 3.8) is 0 Å². The molecule has 3 rings (SSSR count). The largest absolute Gasteiger partial charge is 0.490 e. The maximum Gasteiger partial charge on any atom is 0.325 e. The minimum absolute atomic E-state index is 0.0467. The van der Waals surface area contributed by atoms with Crippen LogP contribution >= 0.6 is 30.8 Å². The molecule has 1 fully saturated rings. The highest BCUT2D eigenvalue weighted by Gasteiger charge is 2.53. The molecule has 166 valence electrons. The Balaban J connectivity index is 1.80. The normalized spacial score (nSPS) is 17.9. The van der Waals surface area contributed by atoms with Crippen LogP contribution in [0.3, 0.4) is 0 Å². The summed E-state index contributed by atoms with van der Waals surface area (Å²) in [5, 5.41) is 8.98. The molecule has 1 unspecified atom stereocenters. The van der Waals surface area contributed by atoms with Gasteiger partial charge in [0.15, 0.2) is 0 Å². The summed E-state index contributed by atoms with van der Waals surface area (Å²) in [4.78, 5) is 9.51. The molecule has 0 aliphatic carbocycles. The van der Waals surface area contributed by atoms with E-state index >= 15 is 0 Å². The van der Waals surface area contributed by atoms with E-state index in [1.54, 1.807) is 6.07 Å². The van der Waals surface area contributed by atoms with Gasteiger partial charge in [0.2, 0.25) is 10.0 Å². The number of hydrogen-bond donors (Lipinski definition) is 1. The van der Waals surface area contributed by atoms with Crippen LogP contribution in [0.2, 0.25) is 10.0 Å². The highest BCUT2D eigenvalue weighted by Crippen LogP contribution is 2.46. The Labute approximate surface area is 188 Å². The minimum atomic E-state index is -4.04. The third-order valence-corrected chi connectivity index (χ3v) is 7.60. The summed E-state index contributed by atoms with van der Waals surface area (Å²) in [6, 6.07) is 9.15. The number of benzene rings is 2. The van der Waals surface area contributed by atoms with Gasteiger partial charge in [-0.1, -0.05) is 23.2 Å². The molecule has 0 spiro atoms. The summed E-state index contributed by atoms with van der Waals surface area (Å²) in [6.07, 6.45) is 0. The van der Waals surface area contributed by atoms with Crippen LogP contribution in [0.4, 0.5) is 4.39 Å². The second-order valence-corrected chi connectivity index (χ2v) is 11.5. The van der Waals surface area contributed by atoms with Gasteiger partial charge in [-0.25, -0.2) is 12.8 Å². The van der Waals surface area contributed by atoms with Gasteiger partial charge in [-0.3, -0.25) is 9.09 Å². The molecule has 1 N–H and O–H groups in total. The maximum absolute atomic E-state index is 13.8. The van der Waals surface area contributed by atoms with Crippen LogP contribution in [0, 0.1) is 17.1 Å². The highest BCUT2D eigenvalue weighted by molar-refractivity contribution is 7.89. The summed E-state index contributed by atoms with van der Waals surface area (Å²) in [5.41, 5.74) is -1.62. The summed E-state index contributed by atoms with van der Waals surface area (Å²) >= 11 is 11.8. The average Bonchev–Trinajstić information content (AvgIpc) is 2.62. The highest BCUT2D eigenvalue weighted by atomic mass is 35.5. The first kappa shape index (κ1) is 24.0. The first-order valence-electron chi connectivity index (χ1n) is 8.64. The molecular weight excluding hydrogens is 493 g/mol. The lowest BCUT2D eigenvalue weighted by molar-refractivity contribution is -0.0706. The first-order chi connectivity index (χ1) is 14.3. The van der Waals surface area contributed by atoms with E-state index in [-0.39, 0.29) is 46.0 Å². The first-order valence-corrected chi connectivity index (χ1v) is 12.9. The van der Waals surface area contributed by atoms with Crippen molar-refractivity contribution in [3.05, 3.63) is 57.8 Å². The smallest absolute Gasteiger partial charge is 0.325 e. The Morgan fingerprint density at radius 3 is 2.52 bits per heavy atom. The lowest BCUT2D eigenvalue weighted by Gasteiger charge is -2.48. The van der Waals surface area contributed by atoms with Gasteiger partial charge in [-0.05, 0) is 30.3 Å². The number of sulfonamides is 1. The second kappa shape index (κ2) is 8.68. The van der Waals surface area contributed by atoms with Crippen LogP contribution in [0.15, 0.2) is 41.3 Å². The molecule has 13 heteroatoms. The van der Waals surface area contributed by atoms with E-state index < -0.39 is 29.0 Å². The Morgan fingerprint density at radius 1 is 1.29 bits per heavy atom. The van der Waals surface area contributed by atoms with Crippen molar-refractivity contribution in [1.82, 2.24) is 4.31 Å². The van der Waals surface area contributed by atoms with Crippen molar-refractivity contribution in [3.8, 4) is 11.8 Å². The van der Waals surface area contributed by atoms with Crippen LogP contribution < -0.4 is 4.74 Å². The minimum Gasteiger partial charge on any atom is -0.490 e. The fourth-order valence-electron chi connectivity index (χ4n) is 3.02. The Morgan fingerprint density at radius 2 is 1.97 bits per heavy atom. The lowest BCUT2D eigenvalue weighted by atomic mass is 9.99. The zero-order chi connectivity index (χ0) is 23.0. The molecule has 31 heavy (non-hydrogen) atoms. The number of rotatable bonds is 7. The molecular formula is C18H16Cl2FN2O6PS. The number of halogens is 3. The molecule has 1 heterocycles. The van der Waals surface area contributed by atoms with Crippen LogP contribution in [0.1, 0.15) is 5.56 Å². The topological polar surface area (TPSA) is 117 Å². The average molecular weight is 509 g/mol. The fourth-order valence-corrected chi connectivity index (χ4v) is 6.24. The predicted molar refractivity (Wildman–Crippen MR) is 111 cm³/mol. The van der Waals surface area contributed by atoms with E-state index in [1.165, 1.54) is 30.3 Å². The van der Waals surface area contributed by atoms with Gasteiger partial charge in [-0.2, -0.15) is 9.57 Å². The molecule has 1 aliphatic heterocycles. The van der Waals surface area contributed by atoms with Crippen molar-refractivity contribution in [2.24, 2.45) is 0 Å². The Hall–Kier alpha value is -1.70. The van der Waals surface area contributed by atoms with E-state index in [2.05, 4.69) is 0 Å². The fraction of sp³-hybridized carbons (Fsp3) is 0.278. The molecule has 2 aromatic carbocycles. The van der Waals surface area contributed by atoms with E-state index in [1.807, 2.05) is 0 Å². The summed E-state index contributed by atoms with van der Waals surface area (Å²) < 4.78 is 63.1. The zero-order valence-corrected chi connectivity index (χ0v) is 19.2. The summed E-state index contributed by atoms with van der Waals surface area (Å²) in [7, 11) is -8.06. The van der Waals surface area contributed by atoms with Gasteiger partial charge in [0.05, 0.1) is 10.6 Å². The second-order valence-electron chi connectivity index (χ2n) is 6.97. The molecule has 1 saturated heterocycles. The van der Waals surface area contributed by atoms with Gasteiger partial charge in [0.1, 0.15) is 34.7 Å². The van der Waals surface area contributed by atoms with E-state index in [9.17, 15) is 22.3 Å². The van der Waals surface area contributed by atoms with Crippen molar-refractivity contribution in [1.29, 1.82) is 5.26 Å². The molecule has 0 aromatic heterocycles. The predicted octanol–water partition coefficient (Wildman–Crippen LogP) is 3.66. The SMILES string of the molecule is CP(=O)(O)OC1(COc2ccc(C#N)c(F)c2)CN(S(=O)(=O)c2ccc(Cl)cc2Cl)C1. The van der Waals surface area contributed by atoms with Crippen molar-refractivity contribution >= 4 is 40.8 Å². The standard InChI is InChI=1S/C18H16Cl2FN2O6PS/c1-30(24,25)29-18(11-28-14-4-2-12(8-22)16(21)7-14)9-23(10-18)31(26,27)17-5-3-13(19)6-15(17)20/h2-7H,9-11H2,1H3,(H,24,25). The number of nitriles is 1. The van der Waals surface area contributed by atoms with E-state index in [0.29, 0.717) is 0 Å². The maximum atomic E-state index is 13.8. The molecule has 8 nitrogen and oxygen atoms in total. The number of ether oxygens (including phenoxy) is 1. The third-order valence-electron chi connectivity index (χ3n) is 4.37. The molecule has 0 bridgehead atoms. The zero-order valence-electron chi connectivity index (χ0n) is 16.0. The van der Waals surface area contributed by atoms with Gasteiger partial charge in [0.25, 0.3) is 0 Å². The summed E-state index contributed by atoms with van der Waals surface area (Å²) in [6.45, 7) is 0.0251. The van der Waals surface area contributed by atoms with Crippen molar-refractivity contribution in [2.45, 2.75) is 10.5 Å². The Kier molecular flexibility index (Phi) is 6.71. The van der Waals surface area contributed by atoms with E-state index in [4.69, 9.17) is 37.7 Å². The molecule has 0 saturated carbocycles. The van der Waals surface area contributed by atoms with Crippen molar-refractivity contribution < 1.29 is 31.5 Å². The third kappa shape index (κ3) is 5.38. The van der Waals surface area contributed by atoms with Crippen molar-refractivity contribution in [2.75, 3.05) is 26.4 Å². The summed E-state index contributed by atoms with van der Waals surface area (Å²) in [5.74, 6) is -0.751. The monoisotopic (exact) mass is 508 g/mol. The number of hydrogen-bond acceptors (Lipinski definition) is 6. The molecule has 2 aromatic rings. The Bertz CT molecular complexity index is 1210. The van der Waals surface area contributed by atoms with Gasteiger partial charge in [0, 0.05) is 30.8 Å². The quantitative estimate of drug-likeness (QED) is 0.567. The van der Waals surface area contributed by atoms with Crippen LogP contribution in [-0.4, -0.2) is 49.6 Å². The molecule has 0 radical (unpaired) electrons. The molecule has 1 atom stereocenters. The van der Waals surface area contributed by atoms with Gasteiger partial charge in [-0.15, -0.1) is 0 Å². The molecule has 0 amide bonds. The van der Waals surface area contributed by atoms with Crippen LogP contribution in [0.25, 0.3) is 0 Å². The van der Waals surface area contributed by atoms with Gasteiger partial charge >= 0.3 is 7.60 Å². The van der Waals surface area contributed by atoms with Crippen LogP contribution in [-0.2, 0) is 19.1 Å². The lowest BCUT2D eigenvalue weighted by Crippen LogP contribution is -2.66. The molecule has 1 aliphatic rings. The van der Waals surface area contributed by atoms with Crippen LogP contribution in [0.5, 0.6) is 5.75 Å². The number of nitrogens with zero attached hydrogens (tertiary/aromatic N) is 2. The van der Waals surface area contributed by atoms with Gasteiger partial charge < -0.3 is 9.63 Å².